The second-order valence-electron chi connectivity index (χ2n) is 5.27. The number of hydrogen-bond acceptors (Lipinski definition) is 3. The Bertz CT molecular complexity index is 453. The van der Waals surface area contributed by atoms with Crippen LogP contribution in [0.5, 0.6) is 0 Å². The van der Waals surface area contributed by atoms with Crippen LogP contribution in [0, 0.1) is 0 Å². The quantitative estimate of drug-likeness (QED) is 0.886. The molecule has 1 aliphatic heterocycles. The van der Waals surface area contributed by atoms with E-state index in [1.165, 1.54) is 0 Å². The van der Waals surface area contributed by atoms with Gasteiger partial charge in [0.2, 0.25) is 0 Å². The molecule has 1 aromatic rings. The third kappa shape index (κ3) is 3.71. The summed E-state index contributed by atoms with van der Waals surface area (Å²) in [6.07, 6.45) is 0. The van der Waals surface area contributed by atoms with Crippen LogP contribution in [-0.4, -0.2) is 48.6 Å². The number of nitrogens with zero attached hydrogens (tertiary/aromatic N) is 2. The van der Waals surface area contributed by atoms with Gasteiger partial charge in [0.05, 0.1) is 0 Å². The highest BCUT2D eigenvalue weighted by atomic mass is 16.2. The minimum absolute atomic E-state index is 0.0254. The molecular weight excluding hydrogens is 252 g/mol. The Morgan fingerprint density at radius 1 is 1.35 bits per heavy atom. The summed E-state index contributed by atoms with van der Waals surface area (Å²) in [7, 11) is 0. The smallest absolute Gasteiger partial charge is 0.321 e. The molecule has 2 rings (SSSR count). The topological polar surface area (TPSA) is 61.6 Å². The van der Waals surface area contributed by atoms with Crippen molar-refractivity contribution in [1.82, 2.24) is 9.80 Å². The van der Waals surface area contributed by atoms with Crippen molar-refractivity contribution in [3.05, 3.63) is 29.8 Å². The zero-order valence-corrected chi connectivity index (χ0v) is 12.3. The van der Waals surface area contributed by atoms with E-state index in [2.05, 4.69) is 17.1 Å². The van der Waals surface area contributed by atoms with Crippen molar-refractivity contribution in [2.75, 3.05) is 38.0 Å². The first kappa shape index (κ1) is 14.8. The SMILES string of the molecule is CCN1CCN(C(=O)Nc2cccc(C(C)N)c2)CC1. The Morgan fingerprint density at radius 3 is 2.65 bits per heavy atom. The molecule has 1 aromatic carbocycles. The number of nitrogens with one attached hydrogen (secondary N) is 1. The first-order valence-corrected chi connectivity index (χ1v) is 7.24. The van der Waals surface area contributed by atoms with Gasteiger partial charge in [-0.1, -0.05) is 19.1 Å². The zero-order valence-electron chi connectivity index (χ0n) is 12.3. The predicted octanol–water partition coefficient (Wildman–Crippen LogP) is 1.88. The molecular formula is C15H24N4O. The molecule has 3 N–H and O–H groups in total. The van der Waals surface area contributed by atoms with Gasteiger partial charge in [-0.05, 0) is 31.2 Å². The van der Waals surface area contributed by atoms with Gasteiger partial charge in [-0.25, -0.2) is 4.79 Å². The van der Waals surface area contributed by atoms with Gasteiger partial charge in [0.25, 0.3) is 0 Å². The van der Waals surface area contributed by atoms with Crippen molar-refractivity contribution < 1.29 is 4.79 Å². The molecule has 1 aliphatic rings. The number of likely N-dealkylation sites (N-methyl/N-ethyl adjacent to an activating group) is 1. The molecule has 110 valence electrons. The minimum atomic E-state index is -0.0278. The van der Waals surface area contributed by atoms with E-state index in [4.69, 9.17) is 5.73 Å². The monoisotopic (exact) mass is 276 g/mol. The van der Waals surface area contributed by atoms with Crippen LogP contribution in [0.15, 0.2) is 24.3 Å². The van der Waals surface area contributed by atoms with E-state index in [1.54, 1.807) is 0 Å². The number of amides is 2. The van der Waals surface area contributed by atoms with Crippen LogP contribution in [0.2, 0.25) is 0 Å². The first-order valence-electron chi connectivity index (χ1n) is 7.24. The summed E-state index contributed by atoms with van der Waals surface area (Å²) in [5, 5.41) is 2.95. The van der Waals surface area contributed by atoms with Gasteiger partial charge in [0.15, 0.2) is 0 Å². The van der Waals surface area contributed by atoms with Crippen molar-refractivity contribution in [1.29, 1.82) is 0 Å². The van der Waals surface area contributed by atoms with Gasteiger partial charge in [-0.15, -0.1) is 0 Å². The Balaban J connectivity index is 1.93. The van der Waals surface area contributed by atoms with E-state index in [0.29, 0.717) is 0 Å². The summed E-state index contributed by atoms with van der Waals surface area (Å²) >= 11 is 0. The summed E-state index contributed by atoms with van der Waals surface area (Å²) in [6, 6.07) is 7.67. The lowest BCUT2D eigenvalue weighted by molar-refractivity contribution is 0.151. The normalized spacial score (nSPS) is 17.9. The Kier molecular flexibility index (Phi) is 4.98. The molecule has 0 bridgehead atoms. The highest BCUT2D eigenvalue weighted by Crippen LogP contribution is 2.16. The molecule has 2 amide bonds. The average molecular weight is 276 g/mol. The number of carbonyl (C=O) groups excluding carboxylic acids is 1. The molecule has 1 fully saturated rings. The molecule has 1 saturated heterocycles. The number of benzene rings is 1. The lowest BCUT2D eigenvalue weighted by Crippen LogP contribution is -2.49. The molecule has 1 heterocycles. The summed E-state index contributed by atoms with van der Waals surface area (Å²) in [4.78, 5) is 16.4. The van der Waals surface area contributed by atoms with Crippen LogP contribution in [0.4, 0.5) is 10.5 Å². The van der Waals surface area contributed by atoms with Crippen molar-refractivity contribution in [3.8, 4) is 0 Å². The summed E-state index contributed by atoms with van der Waals surface area (Å²) in [5.74, 6) is 0. The van der Waals surface area contributed by atoms with Crippen LogP contribution in [0.25, 0.3) is 0 Å². The predicted molar refractivity (Wildman–Crippen MR) is 81.8 cm³/mol. The van der Waals surface area contributed by atoms with Crippen LogP contribution < -0.4 is 11.1 Å². The molecule has 1 atom stereocenters. The Labute approximate surface area is 120 Å². The number of piperazine rings is 1. The van der Waals surface area contributed by atoms with Crippen molar-refractivity contribution in [2.24, 2.45) is 5.73 Å². The zero-order chi connectivity index (χ0) is 14.5. The number of carbonyl (C=O) groups is 1. The number of urea groups is 1. The summed E-state index contributed by atoms with van der Waals surface area (Å²) in [5.41, 5.74) is 7.69. The second kappa shape index (κ2) is 6.72. The maximum atomic E-state index is 12.2. The lowest BCUT2D eigenvalue weighted by Gasteiger charge is -2.34. The third-order valence-corrected chi connectivity index (χ3v) is 3.77. The summed E-state index contributed by atoms with van der Waals surface area (Å²) in [6.45, 7) is 8.60. The molecule has 0 aromatic heterocycles. The van der Waals surface area contributed by atoms with Crippen molar-refractivity contribution in [2.45, 2.75) is 19.9 Å². The fourth-order valence-electron chi connectivity index (χ4n) is 2.37. The molecule has 0 aliphatic carbocycles. The van der Waals surface area contributed by atoms with E-state index in [-0.39, 0.29) is 12.1 Å². The first-order chi connectivity index (χ1) is 9.60. The second-order valence-corrected chi connectivity index (χ2v) is 5.27. The Hall–Kier alpha value is -1.59. The van der Waals surface area contributed by atoms with Crippen LogP contribution in [0.1, 0.15) is 25.5 Å². The molecule has 0 spiro atoms. The molecule has 0 radical (unpaired) electrons. The van der Waals surface area contributed by atoms with Gasteiger partial charge in [0.1, 0.15) is 0 Å². The molecule has 0 saturated carbocycles. The molecule has 5 nitrogen and oxygen atoms in total. The number of anilines is 1. The van der Waals surface area contributed by atoms with E-state index in [1.807, 2.05) is 36.1 Å². The maximum Gasteiger partial charge on any atom is 0.321 e. The fourth-order valence-corrected chi connectivity index (χ4v) is 2.37. The average Bonchev–Trinajstić information content (AvgIpc) is 2.47. The standard InChI is InChI=1S/C15H24N4O/c1-3-18-7-9-19(10-8-18)15(20)17-14-6-4-5-13(11-14)12(2)16/h4-6,11-12H,3,7-10,16H2,1-2H3,(H,17,20). The number of rotatable bonds is 3. The van der Waals surface area contributed by atoms with Gasteiger partial charge in [-0.3, -0.25) is 0 Å². The lowest BCUT2D eigenvalue weighted by atomic mass is 10.1. The van der Waals surface area contributed by atoms with Gasteiger partial charge >= 0.3 is 6.03 Å². The van der Waals surface area contributed by atoms with E-state index in [0.717, 1.165) is 44.0 Å². The van der Waals surface area contributed by atoms with Gasteiger partial charge < -0.3 is 20.9 Å². The van der Waals surface area contributed by atoms with Crippen molar-refractivity contribution >= 4 is 11.7 Å². The highest BCUT2D eigenvalue weighted by Gasteiger charge is 2.20. The van der Waals surface area contributed by atoms with E-state index >= 15 is 0 Å². The van der Waals surface area contributed by atoms with Crippen LogP contribution in [0.3, 0.4) is 0 Å². The molecule has 1 unspecified atom stereocenters. The molecule has 5 heteroatoms. The minimum Gasteiger partial charge on any atom is -0.324 e. The molecule has 20 heavy (non-hydrogen) atoms. The van der Waals surface area contributed by atoms with Crippen LogP contribution in [-0.2, 0) is 0 Å². The number of nitrogens with two attached hydrogens (primary N) is 1. The maximum absolute atomic E-state index is 12.2. The Morgan fingerprint density at radius 2 is 2.05 bits per heavy atom. The fraction of sp³-hybridized carbons (Fsp3) is 0.533. The van der Waals surface area contributed by atoms with Gasteiger partial charge in [-0.2, -0.15) is 0 Å². The van der Waals surface area contributed by atoms with Crippen molar-refractivity contribution in [3.63, 3.8) is 0 Å². The number of hydrogen-bond donors (Lipinski definition) is 2. The highest BCUT2D eigenvalue weighted by molar-refractivity contribution is 5.89. The van der Waals surface area contributed by atoms with E-state index in [9.17, 15) is 4.79 Å². The third-order valence-electron chi connectivity index (χ3n) is 3.77. The summed E-state index contributed by atoms with van der Waals surface area (Å²) < 4.78 is 0. The van der Waals surface area contributed by atoms with Gasteiger partial charge in [0, 0.05) is 37.9 Å². The van der Waals surface area contributed by atoms with E-state index < -0.39 is 0 Å². The van der Waals surface area contributed by atoms with Crippen LogP contribution >= 0.6 is 0 Å². The largest absolute Gasteiger partial charge is 0.324 e.